The van der Waals surface area contributed by atoms with E-state index in [1.54, 1.807) is 0 Å². The number of hydrazine groups is 1. The highest BCUT2D eigenvalue weighted by Gasteiger charge is 2.28. The minimum absolute atomic E-state index is 0.00254. The Morgan fingerprint density at radius 1 is 1.38 bits per heavy atom. The van der Waals surface area contributed by atoms with Crippen LogP contribution in [0.2, 0.25) is 0 Å². The van der Waals surface area contributed by atoms with Gasteiger partial charge >= 0.3 is 0 Å². The van der Waals surface area contributed by atoms with Gasteiger partial charge in [-0.25, -0.2) is 13.1 Å². The van der Waals surface area contributed by atoms with Crippen LogP contribution in [0.15, 0.2) is 23.1 Å². The number of non-ortho nitro benzene ring substituents is 1. The van der Waals surface area contributed by atoms with Crippen molar-refractivity contribution < 1.29 is 13.3 Å². The van der Waals surface area contributed by atoms with Crippen molar-refractivity contribution in [3.05, 3.63) is 28.3 Å². The smallest absolute Gasteiger partial charge is 0.271 e. The average Bonchev–Trinajstić information content (AvgIpc) is 2.82. The molecule has 0 bridgehead atoms. The highest BCUT2D eigenvalue weighted by Crippen LogP contribution is 2.29. The molecule has 116 valence electrons. The molecule has 0 spiro atoms. The van der Waals surface area contributed by atoms with E-state index in [9.17, 15) is 18.5 Å². The van der Waals surface area contributed by atoms with Gasteiger partial charge in [0.25, 0.3) is 5.69 Å². The number of nitrogen functional groups attached to an aromatic ring is 1. The standard InChI is InChI=1S/C12H18N4O4S/c1-8-2-3-9(6-8)15-21(19,20)12-5-4-10(16(17)18)7-11(12)14-13/h4-5,7-9,14-15H,2-3,6,13H2,1H3. The molecular formula is C12H18N4O4S. The molecule has 1 aliphatic carbocycles. The molecule has 8 nitrogen and oxygen atoms in total. The number of sulfonamides is 1. The van der Waals surface area contributed by atoms with Crippen molar-refractivity contribution in [1.29, 1.82) is 0 Å². The average molecular weight is 314 g/mol. The maximum Gasteiger partial charge on any atom is 0.271 e. The maximum atomic E-state index is 12.4. The highest BCUT2D eigenvalue weighted by molar-refractivity contribution is 7.89. The Morgan fingerprint density at radius 3 is 2.62 bits per heavy atom. The lowest BCUT2D eigenvalue weighted by Crippen LogP contribution is -2.33. The molecular weight excluding hydrogens is 296 g/mol. The second-order valence-electron chi connectivity index (χ2n) is 5.32. The minimum atomic E-state index is -3.77. The number of nitrogens with one attached hydrogen (secondary N) is 2. The number of hydrogen-bond acceptors (Lipinski definition) is 6. The summed E-state index contributed by atoms with van der Waals surface area (Å²) in [4.78, 5) is 10.0. The van der Waals surface area contributed by atoms with Crippen LogP contribution in [0.25, 0.3) is 0 Å². The third-order valence-electron chi connectivity index (χ3n) is 3.64. The fourth-order valence-electron chi connectivity index (χ4n) is 2.58. The van der Waals surface area contributed by atoms with E-state index in [1.807, 2.05) is 0 Å². The molecule has 4 N–H and O–H groups in total. The fraction of sp³-hybridized carbons (Fsp3) is 0.500. The number of rotatable bonds is 5. The van der Waals surface area contributed by atoms with Gasteiger partial charge in [0.1, 0.15) is 4.90 Å². The fourth-order valence-corrected chi connectivity index (χ4v) is 4.01. The molecule has 0 saturated heterocycles. The number of hydrogen-bond donors (Lipinski definition) is 3. The lowest BCUT2D eigenvalue weighted by atomic mass is 10.1. The highest BCUT2D eigenvalue weighted by atomic mass is 32.2. The van der Waals surface area contributed by atoms with Crippen LogP contribution >= 0.6 is 0 Å². The Labute approximate surface area is 122 Å². The van der Waals surface area contributed by atoms with E-state index in [0.29, 0.717) is 5.92 Å². The van der Waals surface area contributed by atoms with E-state index in [1.165, 1.54) is 6.07 Å². The lowest BCUT2D eigenvalue weighted by Gasteiger charge is -2.15. The van der Waals surface area contributed by atoms with Gasteiger partial charge in [-0.1, -0.05) is 6.92 Å². The van der Waals surface area contributed by atoms with Gasteiger partial charge in [0.05, 0.1) is 10.6 Å². The van der Waals surface area contributed by atoms with Gasteiger partial charge in [-0.2, -0.15) is 0 Å². The summed E-state index contributed by atoms with van der Waals surface area (Å²) in [7, 11) is -3.77. The molecule has 2 rings (SSSR count). The van der Waals surface area contributed by atoms with E-state index < -0.39 is 14.9 Å². The maximum absolute atomic E-state index is 12.4. The van der Waals surface area contributed by atoms with Gasteiger partial charge in [-0.15, -0.1) is 0 Å². The van der Waals surface area contributed by atoms with Crippen LogP contribution in [0, 0.1) is 16.0 Å². The van der Waals surface area contributed by atoms with Crippen LogP contribution in [0.5, 0.6) is 0 Å². The molecule has 21 heavy (non-hydrogen) atoms. The Balaban J connectivity index is 2.29. The summed E-state index contributed by atoms with van der Waals surface area (Å²) in [5.74, 6) is 5.77. The Hall–Kier alpha value is -1.71. The zero-order chi connectivity index (χ0) is 15.6. The lowest BCUT2D eigenvalue weighted by molar-refractivity contribution is -0.384. The van der Waals surface area contributed by atoms with Crippen LogP contribution in [-0.2, 0) is 10.0 Å². The van der Waals surface area contributed by atoms with Crippen molar-refractivity contribution in [1.82, 2.24) is 4.72 Å². The zero-order valence-corrected chi connectivity index (χ0v) is 12.4. The monoisotopic (exact) mass is 314 g/mol. The molecule has 1 saturated carbocycles. The zero-order valence-electron chi connectivity index (χ0n) is 11.6. The van der Waals surface area contributed by atoms with E-state index in [-0.39, 0.29) is 22.3 Å². The van der Waals surface area contributed by atoms with Gasteiger partial charge in [-0.3, -0.25) is 16.0 Å². The molecule has 0 aromatic heterocycles. The van der Waals surface area contributed by atoms with Crippen LogP contribution in [0.1, 0.15) is 26.2 Å². The van der Waals surface area contributed by atoms with Crippen molar-refractivity contribution in [2.75, 3.05) is 5.43 Å². The molecule has 0 amide bonds. The quantitative estimate of drug-likeness (QED) is 0.427. The molecule has 2 unspecified atom stereocenters. The van der Waals surface area contributed by atoms with Crippen LogP contribution in [-0.4, -0.2) is 19.4 Å². The molecule has 1 aliphatic rings. The van der Waals surface area contributed by atoms with Crippen molar-refractivity contribution in [2.24, 2.45) is 11.8 Å². The third kappa shape index (κ3) is 3.49. The summed E-state index contributed by atoms with van der Waals surface area (Å²) in [5.41, 5.74) is 1.98. The predicted molar refractivity (Wildman–Crippen MR) is 78.0 cm³/mol. The molecule has 0 aliphatic heterocycles. The van der Waals surface area contributed by atoms with E-state index in [4.69, 9.17) is 5.84 Å². The van der Waals surface area contributed by atoms with Gasteiger partial charge < -0.3 is 5.43 Å². The van der Waals surface area contributed by atoms with E-state index in [0.717, 1.165) is 31.4 Å². The van der Waals surface area contributed by atoms with Crippen molar-refractivity contribution >= 4 is 21.4 Å². The number of nitrogens with zero attached hydrogens (tertiary/aromatic N) is 1. The number of nitro benzene ring substituents is 1. The van der Waals surface area contributed by atoms with E-state index >= 15 is 0 Å². The summed E-state index contributed by atoms with van der Waals surface area (Å²) in [6.45, 7) is 2.08. The first-order valence-corrected chi connectivity index (χ1v) is 8.09. The number of nitrogens with two attached hydrogens (primary N) is 1. The normalized spacial score (nSPS) is 22.2. The number of anilines is 1. The van der Waals surface area contributed by atoms with Gasteiger partial charge in [0.15, 0.2) is 0 Å². The van der Waals surface area contributed by atoms with Crippen molar-refractivity contribution in [3.8, 4) is 0 Å². The second kappa shape index (κ2) is 5.96. The predicted octanol–water partition coefficient (Wildman–Crippen LogP) is 1.35. The summed E-state index contributed by atoms with van der Waals surface area (Å²) >= 11 is 0. The van der Waals surface area contributed by atoms with Crippen LogP contribution in [0.4, 0.5) is 11.4 Å². The molecule has 9 heteroatoms. The van der Waals surface area contributed by atoms with Crippen molar-refractivity contribution in [3.63, 3.8) is 0 Å². The summed E-state index contributed by atoms with van der Waals surface area (Å²) < 4.78 is 27.4. The van der Waals surface area contributed by atoms with Crippen molar-refractivity contribution in [2.45, 2.75) is 37.1 Å². The second-order valence-corrected chi connectivity index (χ2v) is 7.00. The summed E-state index contributed by atoms with van der Waals surface area (Å²) in [6, 6.07) is 3.33. The van der Waals surface area contributed by atoms with Crippen LogP contribution < -0.4 is 16.0 Å². The first-order valence-electron chi connectivity index (χ1n) is 6.61. The first-order chi connectivity index (χ1) is 9.83. The van der Waals surface area contributed by atoms with Gasteiger partial charge in [-0.05, 0) is 31.2 Å². The SMILES string of the molecule is CC1CCC(NS(=O)(=O)c2ccc([N+](=O)[O-])cc2NN)C1. The summed E-state index contributed by atoms with van der Waals surface area (Å²) in [6.07, 6.45) is 2.56. The Kier molecular flexibility index (Phi) is 4.45. The van der Waals surface area contributed by atoms with E-state index in [2.05, 4.69) is 17.1 Å². The topological polar surface area (TPSA) is 127 Å². The Morgan fingerprint density at radius 2 is 2.10 bits per heavy atom. The summed E-state index contributed by atoms with van der Waals surface area (Å²) in [5, 5.41) is 10.7. The molecule has 1 aromatic rings. The molecule has 0 heterocycles. The molecule has 0 radical (unpaired) electrons. The largest absolute Gasteiger partial charge is 0.323 e. The number of benzene rings is 1. The third-order valence-corrected chi connectivity index (χ3v) is 5.21. The minimum Gasteiger partial charge on any atom is -0.323 e. The molecule has 2 atom stereocenters. The first kappa shape index (κ1) is 15.7. The number of nitro groups is 1. The van der Waals surface area contributed by atoms with Crippen LogP contribution in [0.3, 0.4) is 0 Å². The molecule has 1 fully saturated rings. The Bertz CT molecular complexity index is 647. The van der Waals surface area contributed by atoms with Gasteiger partial charge in [0.2, 0.25) is 10.0 Å². The van der Waals surface area contributed by atoms with Gasteiger partial charge in [0, 0.05) is 18.2 Å². The molecule has 1 aromatic carbocycles.